The molecule has 0 radical (unpaired) electrons. The summed E-state index contributed by atoms with van der Waals surface area (Å²) in [4.78, 5) is 11.0. The van der Waals surface area contributed by atoms with E-state index in [1.165, 1.54) is 12.1 Å². The van der Waals surface area contributed by atoms with Crippen LogP contribution in [-0.2, 0) is 4.79 Å². The van der Waals surface area contributed by atoms with Crippen LogP contribution in [0.2, 0.25) is 0 Å². The SMILES string of the molecule is NC(=O)C(Sc1ccccc1)C(F)(F)F. The first-order chi connectivity index (χ1) is 6.91. The third-order valence-electron chi connectivity index (χ3n) is 1.55. The first kappa shape index (κ1) is 11.9. The molecule has 15 heavy (non-hydrogen) atoms. The van der Waals surface area contributed by atoms with Crippen LogP contribution >= 0.6 is 11.8 Å². The van der Waals surface area contributed by atoms with Crippen LogP contribution in [0.25, 0.3) is 0 Å². The maximum absolute atomic E-state index is 12.3. The number of carbonyl (C=O) groups is 1. The van der Waals surface area contributed by atoms with E-state index in [1.54, 1.807) is 18.2 Å². The molecule has 6 heteroatoms. The summed E-state index contributed by atoms with van der Waals surface area (Å²) in [6, 6.07) is 7.85. The fraction of sp³-hybridized carbons (Fsp3) is 0.222. The molecule has 1 rings (SSSR count). The number of hydrogen-bond acceptors (Lipinski definition) is 2. The fourth-order valence-corrected chi connectivity index (χ4v) is 1.76. The van der Waals surface area contributed by atoms with E-state index in [-0.39, 0.29) is 0 Å². The number of halogens is 3. The molecule has 0 aliphatic carbocycles. The molecule has 1 amide bonds. The van der Waals surface area contributed by atoms with Crippen LogP contribution in [0.3, 0.4) is 0 Å². The zero-order valence-electron chi connectivity index (χ0n) is 7.49. The normalized spacial score (nSPS) is 13.5. The van der Waals surface area contributed by atoms with Crippen molar-refractivity contribution in [2.24, 2.45) is 5.73 Å². The van der Waals surface area contributed by atoms with Crippen molar-refractivity contribution in [3.63, 3.8) is 0 Å². The summed E-state index contributed by atoms with van der Waals surface area (Å²) in [5.41, 5.74) is 4.69. The van der Waals surface area contributed by atoms with E-state index in [1.807, 2.05) is 0 Å². The molecule has 0 fully saturated rings. The minimum atomic E-state index is -4.62. The lowest BCUT2D eigenvalue weighted by molar-refractivity contribution is -0.147. The number of carbonyl (C=O) groups excluding carboxylic acids is 1. The van der Waals surface area contributed by atoms with Gasteiger partial charge in [0.15, 0.2) is 5.25 Å². The molecular weight excluding hydrogens is 227 g/mol. The summed E-state index contributed by atoms with van der Waals surface area (Å²) in [7, 11) is 0. The van der Waals surface area contributed by atoms with Gasteiger partial charge in [0.05, 0.1) is 0 Å². The van der Waals surface area contributed by atoms with Crippen molar-refractivity contribution >= 4 is 17.7 Å². The van der Waals surface area contributed by atoms with E-state index in [2.05, 4.69) is 0 Å². The molecule has 1 atom stereocenters. The standard InChI is InChI=1S/C9H8F3NOS/c10-9(11,12)7(8(13)14)15-6-4-2-1-3-5-6/h1-5,7H,(H2,13,14). The third kappa shape index (κ3) is 3.47. The van der Waals surface area contributed by atoms with Gasteiger partial charge in [0.25, 0.3) is 0 Å². The molecule has 0 bridgehead atoms. The summed E-state index contributed by atoms with van der Waals surface area (Å²) in [6.45, 7) is 0. The Kier molecular flexibility index (Phi) is 3.62. The van der Waals surface area contributed by atoms with Gasteiger partial charge in [0.2, 0.25) is 5.91 Å². The molecule has 2 N–H and O–H groups in total. The number of benzene rings is 1. The third-order valence-corrected chi connectivity index (χ3v) is 2.83. The molecular formula is C9H8F3NOS. The van der Waals surface area contributed by atoms with Crippen molar-refractivity contribution in [3.05, 3.63) is 30.3 Å². The molecule has 0 heterocycles. The van der Waals surface area contributed by atoms with E-state index < -0.39 is 17.3 Å². The highest BCUT2D eigenvalue weighted by Gasteiger charge is 2.44. The van der Waals surface area contributed by atoms with Gasteiger partial charge in [-0.05, 0) is 12.1 Å². The van der Waals surface area contributed by atoms with Crippen LogP contribution in [-0.4, -0.2) is 17.3 Å². The van der Waals surface area contributed by atoms with Gasteiger partial charge in [-0.3, -0.25) is 4.79 Å². The van der Waals surface area contributed by atoms with Crippen molar-refractivity contribution in [2.75, 3.05) is 0 Å². The van der Waals surface area contributed by atoms with Crippen LogP contribution in [0, 0.1) is 0 Å². The predicted molar refractivity (Wildman–Crippen MR) is 51.3 cm³/mol. The molecule has 0 saturated heterocycles. The minimum Gasteiger partial charge on any atom is -0.368 e. The Bertz CT molecular complexity index is 339. The monoisotopic (exact) mass is 235 g/mol. The van der Waals surface area contributed by atoms with Crippen molar-refractivity contribution in [1.82, 2.24) is 0 Å². The number of primary amides is 1. The minimum absolute atomic E-state index is 0.360. The van der Waals surface area contributed by atoms with Gasteiger partial charge in [-0.15, -0.1) is 11.8 Å². The maximum Gasteiger partial charge on any atom is 0.409 e. The van der Waals surface area contributed by atoms with Gasteiger partial charge in [0.1, 0.15) is 0 Å². The summed E-state index contributed by atoms with van der Waals surface area (Å²) >= 11 is 0.404. The summed E-state index contributed by atoms with van der Waals surface area (Å²) in [5, 5.41) is -2.19. The second-order valence-electron chi connectivity index (χ2n) is 2.75. The lowest BCUT2D eigenvalue weighted by Crippen LogP contribution is -2.38. The van der Waals surface area contributed by atoms with E-state index in [0.717, 1.165) is 0 Å². The van der Waals surface area contributed by atoms with Crippen molar-refractivity contribution < 1.29 is 18.0 Å². The van der Waals surface area contributed by atoms with Crippen LogP contribution in [0.4, 0.5) is 13.2 Å². The van der Waals surface area contributed by atoms with E-state index in [9.17, 15) is 18.0 Å². The number of rotatable bonds is 3. The first-order valence-corrected chi connectivity index (χ1v) is 4.87. The molecule has 1 aromatic rings. The van der Waals surface area contributed by atoms with E-state index >= 15 is 0 Å². The Hall–Kier alpha value is -1.17. The van der Waals surface area contributed by atoms with E-state index in [0.29, 0.717) is 16.7 Å². The van der Waals surface area contributed by atoms with Gasteiger partial charge >= 0.3 is 6.18 Å². The molecule has 82 valence electrons. The molecule has 0 spiro atoms. The number of hydrogen-bond donors (Lipinski definition) is 1. The highest BCUT2D eigenvalue weighted by molar-refractivity contribution is 8.00. The largest absolute Gasteiger partial charge is 0.409 e. The van der Waals surface area contributed by atoms with Crippen molar-refractivity contribution in [3.8, 4) is 0 Å². The molecule has 1 aromatic carbocycles. The van der Waals surface area contributed by atoms with Crippen LogP contribution in [0.15, 0.2) is 35.2 Å². The second-order valence-corrected chi connectivity index (χ2v) is 3.93. The van der Waals surface area contributed by atoms with Crippen molar-refractivity contribution in [2.45, 2.75) is 16.3 Å². The van der Waals surface area contributed by atoms with Gasteiger partial charge in [-0.25, -0.2) is 0 Å². The zero-order chi connectivity index (χ0) is 11.5. The van der Waals surface area contributed by atoms with Gasteiger partial charge in [0, 0.05) is 4.90 Å². The number of thioether (sulfide) groups is 1. The molecule has 0 aliphatic heterocycles. The summed E-state index contributed by atoms with van der Waals surface area (Å²) < 4.78 is 37.0. The van der Waals surface area contributed by atoms with Gasteiger partial charge < -0.3 is 5.73 Å². The molecule has 0 saturated carbocycles. The average molecular weight is 235 g/mol. The maximum atomic E-state index is 12.3. The lowest BCUT2D eigenvalue weighted by atomic mass is 10.4. The quantitative estimate of drug-likeness (QED) is 0.816. The molecule has 0 aromatic heterocycles. The van der Waals surface area contributed by atoms with Crippen LogP contribution in [0.5, 0.6) is 0 Å². The lowest BCUT2D eigenvalue weighted by Gasteiger charge is -2.16. The van der Waals surface area contributed by atoms with Crippen LogP contribution < -0.4 is 5.73 Å². The Morgan fingerprint density at radius 1 is 1.27 bits per heavy atom. The Labute approximate surface area is 88.6 Å². The highest BCUT2D eigenvalue weighted by Crippen LogP contribution is 2.34. The molecule has 1 unspecified atom stereocenters. The molecule has 2 nitrogen and oxygen atoms in total. The van der Waals surface area contributed by atoms with Gasteiger partial charge in [-0.2, -0.15) is 13.2 Å². The number of amides is 1. The van der Waals surface area contributed by atoms with E-state index in [4.69, 9.17) is 5.73 Å². The summed E-state index contributed by atoms with van der Waals surface area (Å²) in [6.07, 6.45) is -4.62. The Balaban J connectivity index is 2.82. The second kappa shape index (κ2) is 4.57. The predicted octanol–water partition coefficient (Wildman–Crippen LogP) is 2.19. The zero-order valence-corrected chi connectivity index (χ0v) is 8.31. The summed E-state index contributed by atoms with van der Waals surface area (Å²) in [5.74, 6) is -1.38. The first-order valence-electron chi connectivity index (χ1n) is 3.99. The van der Waals surface area contributed by atoms with Gasteiger partial charge in [-0.1, -0.05) is 18.2 Å². The Morgan fingerprint density at radius 3 is 2.20 bits per heavy atom. The number of alkyl halides is 3. The fourth-order valence-electron chi connectivity index (χ4n) is 0.921. The smallest absolute Gasteiger partial charge is 0.368 e. The van der Waals surface area contributed by atoms with Crippen LogP contribution in [0.1, 0.15) is 0 Å². The highest BCUT2D eigenvalue weighted by atomic mass is 32.2. The Morgan fingerprint density at radius 2 is 1.80 bits per heavy atom. The topological polar surface area (TPSA) is 43.1 Å². The average Bonchev–Trinajstić information content (AvgIpc) is 2.13. The number of nitrogens with two attached hydrogens (primary N) is 1. The van der Waals surface area contributed by atoms with Crippen molar-refractivity contribution in [1.29, 1.82) is 0 Å². The molecule has 0 aliphatic rings.